The van der Waals surface area contributed by atoms with Gasteiger partial charge in [-0.2, -0.15) is 0 Å². The highest BCUT2D eigenvalue weighted by atomic mass is 32.2. The van der Waals surface area contributed by atoms with E-state index < -0.39 is 22.0 Å². The van der Waals surface area contributed by atoms with Gasteiger partial charge in [0.2, 0.25) is 10.0 Å². The second-order valence-corrected chi connectivity index (χ2v) is 6.09. The molecule has 0 aliphatic rings. The molecule has 0 bridgehead atoms. The van der Waals surface area contributed by atoms with E-state index in [1.807, 2.05) is 6.92 Å². The zero-order valence-corrected chi connectivity index (χ0v) is 12.3. The molecule has 20 heavy (non-hydrogen) atoms. The quantitative estimate of drug-likeness (QED) is 0.761. The molecule has 2 N–H and O–H groups in total. The minimum absolute atomic E-state index is 0.0878. The van der Waals surface area contributed by atoms with Crippen LogP contribution in [-0.2, 0) is 14.8 Å². The summed E-state index contributed by atoms with van der Waals surface area (Å²) in [6, 6.07) is 5.32. The Labute approximate surface area is 118 Å². The Bertz CT molecular complexity index is 538. The molecule has 1 atom stereocenters. The van der Waals surface area contributed by atoms with Crippen molar-refractivity contribution in [1.29, 1.82) is 0 Å². The maximum atomic E-state index is 12.2. The Morgan fingerprint density at radius 1 is 1.35 bits per heavy atom. The zero-order chi connectivity index (χ0) is 15.2. The summed E-state index contributed by atoms with van der Waals surface area (Å²) in [6.45, 7) is 1.87. The fourth-order valence-corrected chi connectivity index (χ4v) is 3.07. The molecule has 0 aliphatic heterocycles. The molecular weight excluding hydrogens is 282 g/mol. The number of hydrogen-bond donors (Lipinski definition) is 2. The van der Waals surface area contributed by atoms with Crippen LogP contribution in [-0.4, -0.2) is 32.6 Å². The van der Waals surface area contributed by atoms with Crippen LogP contribution in [0.25, 0.3) is 0 Å². The van der Waals surface area contributed by atoms with Crippen molar-refractivity contribution in [1.82, 2.24) is 4.72 Å². The lowest BCUT2D eigenvalue weighted by atomic mass is 10.1. The molecule has 0 saturated carbocycles. The van der Waals surface area contributed by atoms with Crippen LogP contribution in [0.15, 0.2) is 29.2 Å². The van der Waals surface area contributed by atoms with Crippen molar-refractivity contribution in [2.24, 2.45) is 0 Å². The first-order valence-corrected chi connectivity index (χ1v) is 7.75. The van der Waals surface area contributed by atoms with Gasteiger partial charge in [0.1, 0.15) is 5.75 Å². The van der Waals surface area contributed by atoms with Crippen LogP contribution < -0.4 is 9.46 Å². The summed E-state index contributed by atoms with van der Waals surface area (Å²) in [5, 5.41) is 8.79. The second kappa shape index (κ2) is 7.25. The number of methoxy groups -OCH3 is 1. The number of carboxylic acids is 1. The molecule has 0 aromatic heterocycles. The normalized spacial score (nSPS) is 12.9. The van der Waals surface area contributed by atoms with Crippen LogP contribution in [0.4, 0.5) is 0 Å². The average molecular weight is 301 g/mol. The van der Waals surface area contributed by atoms with Crippen molar-refractivity contribution in [2.75, 3.05) is 7.11 Å². The number of sulfonamides is 1. The Morgan fingerprint density at radius 2 is 1.95 bits per heavy atom. The van der Waals surface area contributed by atoms with Gasteiger partial charge in [-0.05, 0) is 30.7 Å². The summed E-state index contributed by atoms with van der Waals surface area (Å²) < 4.78 is 31.7. The molecule has 1 aromatic rings. The van der Waals surface area contributed by atoms with Gasteiger partial charge in [-0.1, -0.05) is 13.3 Å². The minimum Gasteiger partial charge on any atom is -0.497 e. The molecule has 0 heterocycles. The summed E-state index contributed by atoms with van der Waals surface area (Å²) in [4.78, 5) is 10.8. The molecule has 1 aromatic carbocycles. The van der Waals surface area contributed by atoms with E-state index >= 15 is 0 Å². The number of rotatable bonds is 8. The fraction of sp³-hybridized carbons (Fsp3) is 0.462. The van der Waals surface area contributed by atoms with Gasteiger partial charge in [0.25, 0.3) is 0 Å². The molecule has 112 valence electrons. The third-order valence-corrected chi connectivity index (χ3v) is 4.29. The summed E-state index contributed by atoms with van der Waals surface area (Å²) in [5.41, 5.74) is 0. The first kappa shape index (κ1) is 16.5. The molecule has 1 rings (SSSR count). The summed E-state index contributed by atoms with van der Waals surface area (Å²) in [6.07, 6.45) is 0.938. The monoisotopic (exact) mass is 301 g/mol. The third-order valence-electron chi connectivity index (χ3n) is 2.75. The highest BCUT2D eigenvalue weighted by Gasteiger charge is 2.21. The van der Waals surface area contributed by atoms with Crippen LogP contribution in [0.1, 0.15) is 26.2 Å². The van der Waals surface area contributed by atoms with E-state index in [1.165, 1.54) is 19.2 Å². The Morgan fingerprint density at radius 3 is 2.40 bits per heavy atom. The lowest BCUT2D eigenvalue weighted by Gasteiger charge is -2.16. The van der Waals surface area contributed by atoms with Crippen molar-refractivity contribution in [3.63, 3.8) is 0 Å². The lowest BCUT2D eigenvalue weighted by molar-refractivity contribution is -0.137. The first-order valence-electron chi connectivity index (χ1n) is 6.27. The Kier molecular flexibility index (Phi) is 5.97. The van der Waals surface area contributed by atoms with Crippen LogP contribution in [0.2, 0.25) is 0 Å². The van der Waals surface area contributed by atoms with E-state index in [0.717, 1.165) is 0 Å². The van der Waals surface area contributed by atoms with E-state index in [0.29, 0.717) is 18.6 Å². The standard InChI is InChI=1S/C13H19NO5S/c1-3-4-10(9-13(15)16)14-20(17,18)12-7-5-11(19-2)6-8-12/h5-8,10,14H,3-4,9H2,1-2H3,(H,15,16). The molecule has 0 radical (unpaired) electrons. The maximum absolute atomic E-state index is 12.2. The third kappa shape index (κ3) is 4.82. The number of hydrogen-bond acceptors (Lipinski definition) is 4. The van der Waals surface area contributed by atoms with E-state index in [4.69, 9.17) is 9.84 Å². The van der Waals surface area contributed by atoms with Crippen molar-refractivity contribution in [3.05, 3.63) is 24.3 Å². The SMILES string of the molecule is CCCC(CC(=O)O)NS(=O)(=O)c1ccc(OC)cc1. The van der Waals surface area contributed by atoms with Gasteiger partial charge in [0, 0.05) is 6.04 Å². The van der Waals surface area contributed by atoms with Gasteiger partial charge in [-0.3, -0.25) is 4.79 Å². The number of benzene rings is 1. The second-order valence-electron chi connectivity index (χ2n) is 4.38. The zero-order valence-electron chi connectivity index (χ0n) is 11.5. The first-order chi connectivity index (χ1) is 9.39. The van der Waals surface area contributed by atoms with Crippen LogP contribution in [0.3, 0.4) is 0 Å². The number of aliphatic carboxylic acids is 1. The average Bonchev–Trinajstić information content (AvgIpc) is 2.38. The number of carbonyl (C=O) groups is 1. The van der Waals surface area contributed by atoms with Gasteiger partial charge in [-0.15, -0.1) is 0 Å². The molecule has 0 saturated heterocycles. The Hall–Kier alpha value is -1.60. The van der Waals surface area contributed by atoms with E-state index in [-0.39, 0.29) is 11.3 Å². The fourth-order valence-electron chi connectivity index (χ4n) is 1.80. The maximum Gasteiger partial charge on any atom is 0.304 e. The van der Waals surface area contributed by atoms with Gasteiger partial charge >= 0.3 is 5.97 Å². The summed E-state index contributed by atoms with van der Waals surface area (Å²) >= 11 is 0. The molecule has 6 nitrogen and oxygen atoms in total. The molecule has 0 amide bonds. The lowest BCUT2D eigenvalue weighted by Crippen LogP contribution is -2.36. The van der Waals surface area contributed by atoms with Crippen LogP contribution in [0.5, 0.6) is 5.75 Å². The number of nitrogens with one attached hydrogen (secondary N) is 1. The molecule has 0 aliphatic carbocycles. The molecular formula is C13H19NO5S. The van der Waals surface area contributed by atoms with Gasteiger partial charge in [0.05, 0.1) is 18.4 Å². The topological polar surface area (TPSA) is 92.7 Å². The van der Waals surface area contributed by atoms with E-state index in [9.17, 15) is 13.2 Å². The smallest absolute Gasteiger partial charge is 0.304 e. The van der Waals surface area contributed by atoms with Crippen molar-refractivity contribution < 1.29 is 23.1 Å². The Balaban J connectivity index is 2.87. The van der Waals surface area contributed by atoms with E-state index in [2.05, 4.69) is 4.72 Å². The number of carboxylic acid groups (broad SMARTS) is 1. The minimum atomic E-state index is -3.72. The van der Waals surface area contributed by atoms with Crippen molar-refractivity contribution in [2.45, 2.75) is 37.1 Å². The molecule has 1 unspecified atom stereocenters. The largest absolute Gasteiger partial charge is 0.497 e. The summed E-state index contributed by atoms with van der Waals surface area (Å²) in [7, 11) is -2.23. The van der Waals surface area contributed by atoms with Gasteiger partial charge in [-0.25, -0.2) is 13.1 Å². The van der Waals surface area contributed by atoms with Crippen LogP contribution in [0, 0.1) is 0 Å². The van der Waals surface area contributed by atoms with Crippen molar-refractivity contribution in [3.8, 4) is 5.75 Å². The van der Waals surface area contributed by atoms with Crippen LogP contribution >= 0.6 is 0 Å². The predicted molar refractivity (Wildman–Crippen MR) is 74.3 cm³/mol. The number of ether oxygens (including phenoxy) is 1. The summed E-state index contributed by atoms with van der Waals surface area (Å²) in [5.74, 6) is -0.472. The van der Waals surface area contributed by atoms with E-state index in [1.54, 1.807) is 12.1 Å². The predicted octanol–water partition coefficient (Wildman–Crippen LogP) is 1.62. The van der Waals surface area contributed by atoms with Gasteiger partial charge in [0.15, 0.2) is 0 Å². The highest BCUT2D eigenvalue weighted by molar-refractivity contribution is 7.89. The highest BCUT2D eigenvalue weighted by Crippen LogP contribution is 2.16. The van der Waals surface area contributed by atoms with Crippen molar-refractivity contribution >= 4 is 16.0 Å². The molecule has 0 spiro atoms. The molecule has 7 heteroatoms. The molecule has 0 fully saturated rings. The van der Waals surface area contributed by atoms with Gasteiger partial charge < -0.3 is 9.84 Å².